The Labute approximate surface area is 34.2 Å². The minimum atomic E-state index is 1.81. The second-order valence-corrected chi connectivity index (χ2v) is 1.84. The third-order valence-electron chi connectivity index (χ3n) is 0. The molecule has 4 heavy (non-hydrogen) atoms. The molecule has 0 bridgehead atoms. The average Bonchev–Trinajstić information content (AvgIpc) is 0.811. The molecule has 0 atom stereocenters. The van der Waals surface area contributed by atoms with E-state index in [2.05, 4.69) is 15.8 Å². The van der Waals surface area contributed by atoms with Crippen molar-refractivity contribution in [3.8, 4) is 0 Å². The fraction of sp³-hybridized carbons (Fsp3) is 1.00. The Balaban J connectivity index is 2.80. The van der Waals surface area contributed by atoms with Gasteiger partial charge in [-0.3, -0.25) is 0 Å². The fourth-order valence-corrected chi connectivity index (χ4v) is 0. The summed E-state index contributed by atoms with van der Waals surface area (Å²) in [5.41, 5.74) is 0. The molecule has 0 aliphatic carbocycles. The zero-order chi connectivity index (χ0) is 3.58. The van der Waals surface area contributed by atoms with Crippen LogP contribution in [0.25, 0.3) is 0 Å². The van der Waals surface area contributed by atoms with Crippen LogP contribution in [0.1, 0.15) is 0 Å². The number of nitrogens with zero attached hydrogens (tertiary/aromatic N) is 1. The number of hydrogen-bond donors (Lipinski definition) is 0. The summed E-state index contributed by atoms with van der Waals surface area (Å²) < 4.78 is 1.81. The molecule has 0 aliphatic heterocycles. The van der Waals surface area contributed by atoms with Gasteiger partial charge in [-0.25, -0.2) is 0 Å². The van der Waals surface area contributed by atoms with Gasteiger partial charge >= 0.3 is 33.5 Å². The van der Waals surface area contributed by atoms with Gasteiger partial charge in [-0.1, -0.05) is 0 Å². The van der Waals surface area contributed by atoms with Crippen molar-refractivity contribution < 1.29 is 19.4 Å². The molecule has 25 valence electrons. The van der Waals surface area contributed by atoms with Gasteiger partial charge in [0.15, 0.2) is 0 Å². The van der Waals surface area contributed by atoms with Crippen molar-refractivity contribution in [2.24, 2.45) is 0 Å². The quantitative estimate of drug-likeness (QED) is 0.376. The van der Waals surface area contributed by atoms with Crippen molar-refractivity contribution in [1.82, 2.24) is 0 Å². The third kappa shape index (κ3) is 39.6. The van der Waals surface area contributed by atoms with Crippen molar-refractivity contribution in [2.75, 3.05) is 14.1 Å². The minimum absolute atomic E-state index is 1.81. The van der Waals surface area contributed by atoms with E-state index in [0.29, 0.717) is 0 Å². The summed E-state index contributed by atoms with van der Waals surface area (Å²) in [5.74, 6) is 0. The van der Waals surface area contributed by atoms with Gasteiger partial charge in [0, 0.05) is 0 Å². The first-order valence-electron chi connectivity index (χ1n) is 1.06. The van der Waals surface area contributed by atoms with Crippen molar-refractivity contribution in [3.63, 3.8) is 0 Å². The standard InChI is InChI=1S/C2H6N.Mn/c1-3-2;/h1-2H3;/q-1;+2. The van der Waals surface area contributed by atoms with E-state index < -0.39 is 0 Å². The molecule has 0 heterocycles. The maximum atomic E-state index is 3.10. The van der Waals surface area contributed by atoms with Crippen LogP contribution in [0.15, 0.2) is 0 Å². The molecule has 0 N–H and O–H groups in total. The van der Waals surface area contributed by atoms with Crippen LogP contribution in [0.4, 0.5) is 0 Å². The van der Waals surface area contributed by atoms with Gasteiger partial charge in [0.05, 0.1) is 0 Å². The van der Waals surface area contributed by atoms with Gasteiger partial charge in [-0.15, -0.1) is 0 Å². The van der Waals surface area contributed by atoms with Crippen molar-refractivity contribution >= 4 is 0 Å². The molecule has 0 saturated heterocycles. The molecule has 0 saturated carbocycles. The van der Waals surface area contributed by atoms with E-state index in [1.807, 2.05) is 17.6 Å². The SMILES string of the molecule is C[N+](C)=[Mn]. The van der Waals surface area contributed by atoms with E-state index in [1.165, 1.54) is 0 Å². The molecule has 0 fully saturated rings. The molecule has 2 heteroatoms. The first-order chi connectivity index (χ1) is 1.73. The molecule has 1 nitrogen and oxygen atoms in total. The second kappa shape index (κ2) is 1.62. The van der Waals surface area contributed by atoms with Gasteiger partial charge in [-0.2, -0.15) is 0 Å². The summed E-state index contributed by atoms with van der Waals surface area (Å²) in [4.78, 5) is 0. The normalized spacial score (nSPS) is 6.50. The molecular formula is C2H6MnN+. The molecule has 0 rings (SSSR count). The Kier molecular flexibility index (Phi) is 1.75. The summed E-state index contributed by atoms with van der Waals surface area (Å²) in [7, 11) is 3.83. The summed E-state index contributed by atoms with van der Waals surface area (Å²) in [5, 5.41) is 0. The van der Waals surface area contributed by atoms with Crippen LogP contribution in [-0.2, 0) is 15.8 Å². The van der Waals surface area contributed by atoms with E-state index in [9.17, 15) is 0 Å². The van der Waals surface area contributed by atoms with Gasteiger partial charge < -0.3 is 0 Å². The molecule has 0 aliphatic rings. The Morgan fingerprint density at radius 1 is 1.50 bits per heavy atom. The van der Waals surface area contributed by atoms with Gasteiger partial charge in [0.1, 0.15) is 0 Å². The van der Waals surface area contributed by atoms with E-state index >= 15 is 0 Å². The van der Waals surface area contributed by atoms with E-state index in [1.54, 1.807) is 0 Å². The van der Waals surface area contributed by atoms with Crippen molar-refractivity contribution in [2.45, 2.75) is 0 Å². The summed E-state index contributed by atoms with van der Waals surface area (Å²) >= 11 is 3.10. The Bertz CT molecular complexity index is 29.0. The monoisotopic (exact) mass is 99.0 g/mol. The molecule has 0 amide bonds. The number of hydrogen-bond acceptors (Lipinski definition) is 0. The molecule has 0 unspecified atom stereocenters. The topological polar surface area (TPSA) is 3.01 Å². The van der Waals surface area contributed by atoms with Crippen LogP contribution in [0, 0.1) is 0 Å². The first-order valence-corrected chi connectivity index (χ1v) is 1.59. The third-order valence-corrected chi connectivity index (χ3v) is 0. The van der Waals surface area contributed by atoms with Gasteiger partial charge in [-0.05, 0) is 0 Å². The zero-order valence-corrected chi connectivity index (χ0v) is 4.01. The number of rotatable bonds is 0. The molecule has 0 aromatic heterocycles. The van der Waals surface area contributed by atoms with Crippen molar-refractivity contribution in [3.05, 3.63) is 0 Å². The van der Waals surface area contributed by atoms with E-state index in [0.717, 1.165) is 0 Å². The zero-order valence-electron chi connectivity index (χ0n) is 2.83. The average molecular weight is 99.0 g/mol. The maximum absolute atomic E-state index is 3.10. The van der Waals surface area contributed by atoms with E-state index in [-0.39, 0.29) is 0 Å². The Hall–Kier alpha value is 0.319. The summed E-state index contributed by atoms with van der Waals surface area (Å²) in [6, 6.07) is 0. The van der Waals surface area contributed by atoms with Crippen LogP contribution < -0.4 is 0 Å². The molecule has 0 radical (unpaired) electrons. The van der Waals surface area contributed by atoms with Crippen LogP contribution in [0.5, 0.6) is 0 Å². The van der Waals surface area contributed by atoms with Crippen LogP contribution in [0.3, 0.4) is 0 Å². The molecule has 0 aromatic rings. The predicted molar refractivity (Wildman–Crippen MR) is 12.1 cm³/mol. The molecular weight excluding hydrogens is 93.0 g/mol. The van der Waals surface area contributed by atoms with Crippen molar-refractivity contribution in [1.29, 1.82) is 0 Å². The van der Waals surface area contributed by atoms with Crippen LogP contribution in [-0.4, -0.2) is 17.6 Å². The fourth-order valence-electron chi connectivity index (χ4n) is 0. The first kappa shape index (κ1) is 4.32. The predicted octanol–water partition coefficient (Wildman–Crippen LogP) is -0.0111. The van der Waals surface area contributed by atoms with Gasteiger partial charge in [0.25, 0.3) is 0 Å². The summed E-state index contributed by atoms with van der Waals surface area (Å²) in [6.45, 7) is 0. The summed E-state index contributed by atoms with van der Waals surface area (Å²) in [6.07, 6.45) is 0. The molecule has 0 spiro atoms. The van der Waals surface area contributed by atoms with Gasteiger partial charge in [0.2, 0.25) is 0 Å². The Morgan fingerprint density at radius 3 is 1.50 bits per heavy atom. The van der Waals surface area contributed by atoms with Crippen LogP contribution >= 0.6 is 0 Å². The second-order valence-electron chi connectivity index (χ2n) is 0.785. The van der Waals surface area contributed by atoms with E-state index in [4.69, 9.17) is 0 Å². The molecule has 0 aromatic carbocycles. The Morgan fingerprint density at radius 2 is 1.50 bits per heavy atom. The van der Waals surface area contributed by atoms with Crippen LogP contribution in [0.2, 0.25) is 0 Å².